The summed E-state index contributed by atoms with van der Waals surface area (Å²) in [5.41, 5.74) is 1.27. The normalized spacial score (nSPS) is 18.1. The van der Waals surface area contributed by atoms with Gasteiger partial charge in [-0.1, -0.05) is 19.1 Å². The minimum atomic E-state index is -0.677. The van der Waals surface area contributed by atoms with Gasteiger partial charge in [-0.05, 0) is 63.3 Å². The molecule has 2 heterocycles. The van der Waals surface area contributed by atoms with Crippen molar-refractivity contribution < 1.29 is 19.4 Å². The van der Waals surface area contributed by atoms with Crippen molar-refractivity contribution >= 4 is 17.4 Å². The molecular formula is C24H29N3O4. The summed E-state index contributed by atoms with van der Waals surface area (Å²) < 4.78 is 5.66. The molecule has 3 rings (SSSR count). The number of ether oxygens (including phenoxy) is 1. The van der Waals surface area contributed by atoms with E-state index >= 15 is 0 Å². The number of carbonyl (C=O) groups excluding carboxylic acids is 2. The molecule has 1 aromatic heterocycles. The van der Waals surface area contributed by atoms with E-state index in [2.05, 4.69) is 4.98 Å². The van der Waals surface area contributed by atoms with E-state index < -0.39 is 17.7 Å². The molecule has 164 valence electrons. The van der Waals surface area contributed by atoms with Crippen molar-refractivity contribution in [1.82, 2.24) is 14.8 Å². The SMILES string of the molecule is CCCOc1cccc(/C(O)=C2/C(=O)C(=O)N(CCCN(C)C)C2c2ccncc2)c1. The molecule has 7 heteroatoms. The number of likely N-dealkylation sites (tertiary alicyclic amines) is 1. The standard InChI is InChI=1S/C24H29N3O4/c1-4-15-31-19-8-5-7-18(16-19)22(28)20-21(17-9-11-25-12-10-17)27(24(30)23(20)29)14-6-13-26(2)3/h5,7-12,16,21,28H,4,6,13-15H2,1-3H3/b22-20-. The van der Waals surface area contributed by atoms with Gasteiger partial charge in [0.1, 0.15) is 11.5 Å². The fourth-order valence-corrected chi connectivity index (χ4v) is 3.67. The number of ketones is 1. The Bertz CT molecular complexity index is 956. The molecule has 1 unspecified atom stereocenters. The molecule has 31 heavy (non-hydrogen) atoms. The van der Waals surface area contributed by atoms with Crippen LogP contribution in [0.2, 0.25) is 0 Å². The average Bonchev–Trinajstić information content (AvgIpc) is 3.02. The summed E-state index contributed by atoms with van der Waals surface area (Å²) in [6, 6.07) is 9.82. The van der Waals surface area contributed by atoms with Gasteiger partial charge < -0.3 is 19.6 Å². The third-order valence-corrected chi connectivity index (χ3v) is 5.15. The van der Waals surface area contributed by atoms with Crippen LogP contribution < -0.4 is 4.74 Å². The number of carbonyl (C=O) groups is 2. The number of aliphatic hydroxyl groups excluding tert-OH is 1. The van der Waals surface area contributed by atoms with Crippen molar-refractivity contribution in [3.8, 4) is 5.75 Å². The van der Waals surface area contributed by atoms with E-state index in [0.29, 0.717) is 30.9 Å². The van der Waals surface area contributed by atoms with Gasteiger partial charge in [-0.3, -0.25) is 14.6 Å². The van der Waals surface area contributed by atoms with Crippen LogP contribution in [-0.4, -0.2) is 65.4 Å². The van der Waals surface area contributed by atoms with E-state index in [-0.39, 0.29) is 11.3 Å². The maximum atomic E-state index is 13.0. The topological polar surface area (TPSA) is 83.0 Å². The van der Waals surface area contributed by atoms with Crippen LogP contribution in [0.15, 0.2) is 54.4 Å². The first-order chi connectivity index (χ1) is 14.9. The predicted molar refractivity (Wildman–Crippen MR) is 119 cm³/mol. The zero-order valence-corrected chi connectivity index (χ0v) is 18.2. The lowest BCUT2D eigenvalue weighted by Gasteiger charge is -2.25. The third-order valence-electron chi connectivity index (χ3n) is 5.15. The quantitative estimate of drug-likeness (QED) is 0.379. The maximum Gasteiger partial charge on any atom is 0.295 e. The second kappa shape index (κ2) is 10.2. The molecule has 0 radical (unpaired) electrons. The van der Waals surface area contributed by atoms with E-state index in [1.54, 1.807) is 53.7 Å². The van der Waals surface area contributed by atoms with Gasteiger partial charge in [0, 0.05) is 24.5 Å². The number of hydrogen-bond donors (Lipinski definition) is 1. The Labute approximate surface area is 183 Å². The summed E-state index contributed by atoms with van der Waals surface area (Å²) >= 11 is 0. The van der Waals surface area contributed by atoms with Crippen molar-refractivity contribution in [2.75, 3.05) is 33.8 Å². The summed E-state index contributed by atoms with van der Waals surface area (Å²) in [5, 5.41) is 11.1. The Morgan fingerprint density at radius 3 is 2.61 bits per heavy atom. The lowest BCUT2D eigenvalue weighted by Crippen LogP contribution is -2.32. The summed E-state index contributed by atoms with van der Waals surface area (Å²) in [7, 11) is 3.92. The van der Waals surface area contributed by atoms with Gasteiger partial charge in [0.25, 0.3) is 11.7 Å². The zero-order valence-electron chi connectivity index (χ0n) is 18.2. The number of nitrogens with zero attached hydrogens (tertiary/aromatic N) is 3. The molecule has 0 spiro atoms. The molecule has 7 nitrogen and oxygen atoms in total. The number of aliphatic hydroxyl groups is 1. The fourth-order valence-electron chi connectivity index (χ4n) is 3.67. The van der Waals surface area contributed by atoms with Crippen molar-refractivity contribution in [3.05, 3.63) is 65.5 Å². The third kappa shape index (κ3) is 5.11. The van der Waals surface area contributed by atoms with Crippen LogP contribution in [0, 0.1) is 0 Å². The minimum Gasteiger partial charge on any atom is -0.507 e. The van der Waals surface area contributed by atoms with Crippen LogP contribution in [0.4, 0.5) is 0 Å². The van der Waals surface area contributed by atoms with E-state index in [1.807, 2.05) is 25.9 Å². The van der Waals surface area contributed by atoms with Crippen LogP contribution in [0.5, 0.6) is 5.75 Å². The zero-order chi connectivity index (χ0) is 22.4. The van der Waals surface area contributed by atoms with Gasteiger partial charge in [0.2, 0.25) is 0 Å². The summed E-state index contributed by atoms with van der Waals surface area (Å²) in [6.07, 6.45) is 4.81. The summed E-state index contributed by atoms with van der Waals surface area (Å²) in [6.45, 7) is 3.75. The van der Waals surface area contributed by atoms with Crippen LogP contribution in [-0.2, 0) is 9.59 Å². The molecule has 1 amide bonds. The molecule has 2 aromatic rings. The van der Waals surface area contributed by atoms with Crippen LogP contribution >= 0.6 is 0 Å². The largest absolute Gasteiger partial charge is 0.507 e. The number of benzene rings is 1. The van der Waals surface area contributed by atoms with Crippen LogP contribution in [0.1, 0.15) is 36.9 Å². The predicted octanol–water partition coefficient (Wildman–Crippen LogP) is 3.24. The molecule has 0 aliphatic carbocycles. The molecule has 1 aliphatic rings. The smallest absolute Gasteiger partial charge is 0.295 e. The second-order valence-corrected chi connectivity index (χ2v) is 7.81. The monoisotopic (exact) mass is 423 g/mol. The van der Waals surface area contributed by atoms with E-state index in [4.69, 9.17) is 4.74 Å². The Morgan fingerprint density at radius 2 is 1.94 bits per heavy atom. The lowest BCUT2D eigenvalue weighted by molar-refractivity contribution is -0.139. The highest BCUT2D eigenvalue weighted by molar-refractivity contribution is 6.46. The number of pyridine rings is 1. The average molecular weight is 424 g/mol. The van der Waals surface area contributed by atoms with E-state index in [9.17, 15) is 14.7 Å². The molecule has 1 fully saturated rings. The number of aromatic nitrogens is 1. The number of Topliss-reactive ketones (excluding diaryl/α,β-unsaturated/α-hetero) is 1. The highest BCUT2D eigenvalue weighted by Crippen LogP contribution is 2.39. The van der Waals surface area contributed by atoms with E-state index in [1.165, 1.54) is 0 Å². The molecule has 0 saturated carbocycles. The van der Waals surface area contributed by atoms with Gasteiger partial charge in [0.15, 0.2) is 0 Å². The second-order valence-electron chi connectivity index (χ2n) is 7.81. The summed E-state index contributed by atoms with van der Waals surface area (Å²) in [4.78, 5) is 33.5. The number of amides is 1. The van der Waals surface area contributed by atoms with Crippen molar-refractivity contribution in [2.24, 2.45) is 0 Å². The van der Waals surface area contributed by atoms with Crippen LogP contribution in [0.25, 0.3) is 5.76 Å². The number of hydrogen-bond acceptors (Lipinski definition) is 6. The van der Waals surface area contributed by atoms with Crippen molar-refractivity contribution in [3.63, 3.8) is 0 Å². The van der Waals surface area contributed by atoms with Gasteiger partial charge in [-0.15, -0.1) is 0 Å². The molecule has 0 bridgehead atoms. The first kappa shape index (κ1) is 22.5. The molecular weight excluding hydrogens is 394 g/mol. The summed E-state index contributed by atoms with van der Waals surface area (Å²) in [5.74, 6) is -0.867. The Morgan fingerprint density at radius 1 is 1.19 bits per heavy atom. The fraction of sp³-hybridized carbons (Fsp3) is 0.375. The Hall–Kier alpha value is -3.19. The Kier molecular flexibility index (Phi) is 7.41. The highest BCUT2D eigenvalue weighted by Gasteiger charge is 2.45. The number of rotatable bonds is 9. The Balaban J connectivity index is 2.03. The lowest BCUT2D eigenvalue weighted by atomic mass is 9.96. The first-order valence-electron chi connectivity index (χ1n) is 10.5. The first-order valence-corrected chi connectivity index (χ1v) is 10.5. The van der Waals surface area contributed by atoms with Gasteiger partial charge in [-0.2, -0.15) is 0 Å². The van der Waals surface area contributed by atoms with Crippen LogP contribution in [0.3, 0.4) is 0 Å². The van der Waals surface area contributed by atoms with E-state index in [0.717, 1.165) is 18.5 Å². The highest BCUT2D eigenvalue weighted by atomic mass is 16.5. The van der Waals surface area contributed by atoms with Gasteiger partial charge >= 0.3 is 0 Å². The maximum absolute atomic E-state index is 13.0. The minimum absolute atomic E-state index is 0.0914. The van der Waals surface area contributed by atoms with Crippen molar-refractivity contribution in [1.29, 1.82) is 0 Å². The molecule has 1 aliphatic heterocycles. The molecule has 1 saturated heterocycles. The molecule has 1 N–H and O–H groups in total. The molecule has 1 aromatic carbocycles. The van der Waals surface area contributed by atoms with Crippen molar-refractivity contribution in [2.45, 2.75) is 25.8 Å². The molecule has 1 atom stereocenters. The van der Waals surface area contributed by atoms with Gasteiger partial charge in [-0.25, -0.2) is 0 Å². The van der Waals surface area contributed by atoms with Gasteiger partial charge in [0.05, 0.1) is 18.2 Å².